The molecule has 3 aromatic rings. The largest absolute Gasteiger partial charge is 0.691 e. The van der Waals surface area contributed by atoms with Crippen molar-refractivity contribution in [2.24, 2.45) is 0 Å². The number of benzene rings is 3. The van der Waals surface area contributed by atoms with Crippen LogP contribution in [0.2, 0.25) is 0 Å². The lowest BCUT2D eigenvalue weighted by Gasteiger charge is -2.30. The van der Waals surface area contributed by atoms with Crippen molar-refractivity contribution >= 4 is 77.9 Å². The first-order valence-electron chi connectivity index (χ1n) is 23.5. The Kier molecular flexibility index (Phi) is 18.0. The number of allylic oxidation sites excluding steroid dienone is 8. The molecule has 4 aliphatic rings. The van der Waals surface area contributed by atoms with Crippen molar-refractivity contribution in [1.29, 1.82) is 0 Å². The lowest BCUT2D eigenvalue weighted by molar-refractivity contribution is -0.777. The highest BCUT2D eigenvalue weighted by Gasteiger charge is 2.51. The minimum absolute atomic E-state index is 0.00822. The van der Waals surface area contributed by atoms with Crippen LogP contribution in [0.3, 0.4) is 0 Å². The first-order valence-corrected chi connectivity index (χ1v) is 27.1. The number of anilines is 1. The molecule has 0 spiro atoms. The average Bonchev–Trinajstić information content (AvgIpc) is 3.89. The molecule has 394 valence electrons. The molecule has 1 aliphatic carbocycles. The molecule has 0 radical (unpaired) electrons. The summed E-state index contributed by atoms with van der Waals surface area (Å²) in [4.78, 5) is 43.4. The smallest absolute Gasteiger partial charge is 0.335 e. The molecule has 73 heavy (non-hydrogen) atoms. The van der Waals surface area contributed by atoms with Gasteiger partial charge in [0.2, 0.25) is 5.69 Å². The highest BCUT2D eigenvalue weighted by molar-refractivity contribution is 7.94. The zero-order valence-corrected chi connectivity index (χ0v) is 43.6. The van der Waals surface area contributed by atoms with Crippen molar-refractivity contribution in [1.82, 2.24) is 5.06 Å². The molecular formula is C50H59N3O17S3. The van der Waals surface area contributed by atoms with E-state index in [-0.39, 0.29) is 56.7 Å². The number of fused-ring (bicyclic) bond motifs is 4. The van der Waals surface area contributed by atoms with Crippen molar-refractivity contribution in [2.45, 2.75) is 90.7 Å². The van der Waals surface area contributed by atoms with E-state index < -0.39 is 58.6 Å². The van der Waals surface area contributed by atoms with Gasteiger partial charge in [-0.15, -0.1) is 5.06 Å². The monoisotopic (exact) mass is 1070 g/mol. The fourth-order valence-electron chi connectivity index (χ4n) is 10.0. The Balaban J connectivity index is 1.29. The summed E-state index contributed by atoms with van der Waals surface area (Å²) in [6, 6.07) is 10.9. The van der Waals surface area contributed by atoms with Crippen LogP contribution in [0.15, 0.2) is 104 Å². The van der Waals surface area contributed by atoms with Crippen LogP contribution < -0.4 is 10.2 Å². The third-order valence-electron chi connectivity index (χ3n) is 13.6. The number of amides is 2. The molecule has 1 fully saturated rings. The molecule has 3 aliphatic heterocycles. The Morgan fingerprint density at radius 1 is 0.836 bits per heavy atom. The Labute approximate surface area is 428 Å². The molecule has 7 rings (SSSR count). The van der Waals surface area contributed by atoms with E-state index in [0.717, 1.165) is 65.1 Å². The van der Waals surface area contributed by atoms with Crippen molar-refractivity contribution in [2.75, 3.05) is 72.4 Å². The Hall–Kier alpha value is -5.15. The van der Waals surface area contributed by atoms with E-state index in [1.165, 1.54) is 19.2 Å². The summed E-state index contributed by atoms with van der Waals surface area (Å²) in [5.74, 6) is -2.11. The number of carbonyl (C=O) groups excluding carboxylic acids is 3. The summed E-state index contributed by atoms with van der Waals surface area (Å²) in [6.07, 6.45) is 13.0. The van der Waals surface area contributed by atoms with Gasteiger partial charge in [0, 0.05) is 87.3 Å². The van der Waals surface area contributed by atoms with E-state index in [1.54, 1.807) is 18.8 Å². The molecule has 0 aromatic heterocycles. The third kappa shape index (κ3) is 12.2. The second kappa shape index (κ2) is 23.6. The van der Waals surface area contributed by atoms with Crippen LogP contribution in [0, 0.1) is 0 Å². The Morgan fingerprint density at radius 3 is 2.22 bits per heavy atom. The third-order valence-corrected chi connectivity index (χ3v) is 15.9. The van der Waals surface area contributed by atoms with E-state index in [4.69, 9.17) is 23.8 Å². The van der Waals surface area contributed by atoms with E-state index >= 15 is 0 Å². The van der Waals surface area contributed by atoms with Gasteiger partial charge in [0.1, 0.15) is 6.61 Å². The van der Waals surface area contributed by atoms with Crippen LogP contribution in [0.25, 0.3) is 10.8 Å². The van der Waals surface area contributed by atoms with Gasteiger partial charge in [0.15, 0.2) is 17.2 Å². The minimum atomic E-state index is -5.01. The van der Waals surface area contributed by atoms with Gasteiger partial charge in [0.25, 0.3) is 21.9 Å². The number of imide groups is 1. The SMILES string of the molecule is COCCN1C(=CC=C2C=C(C=CC3=[N+](CCOCCC(=O)ON4C(=O)CCC4=O)c4c(S(=O)(=O)O)cc5cc(S(=O)(=O)O)ccc5c4C3(C)CCOC)CCC2)C(C)(CCOC)c2cc(SOO[O-])ccc21. The van der Waals surface area contributed by atoms with Crippen LogP contribution >= 0.6 is 12.0 Å². The quantitative estimate of drug-likeness (QED) is 0.0201. The molecule has 0 saturated carbocycles. The number of ether oxygens (including phenoxy) is 4. The van der Waals surface area contributed by atoms with Gasteiger partial charge < -0.3 is 33.9 Å². The van der Waals surface area contributed by atoms with Gasteiger partial charge in [0.05, 0.1) is 42.0 Å². The average molecular weight is 1070 g/mol. The number of carbonyl (C=O) groups is 3. The van der Waals surface area contributed by atoms with Crippen molar-refractivity contribution in [3.05, 3.63) is 101 Å². The maximum absolute atomic E-state index is 13.4. The first kappa shape index (κ1) is 55.6. The molecule has 2 N–H and O–H groups in total. The molecule has 0 bridgehead atoms. The fourth-order valence-corrected chi connectivity index (χ4v) is 11.7. The Bertz CT molecular complexity index is 3010. The number of hydrogen-bond donors (Lipinski definition) is 2. The molecule has 20 nitrogen and oxygen atoms in total. The minimum Gasteiger partial charge on any atom is -0.691 e. The van der Waals surface area contributed by atoms with E-state index in [9.17, 15) is 45.6 Å². The number of hydrogen-bond acceptors (Lipinski definition) is 17. The summed E-state index contributed by atoms with van der Waals surface area (Å²) in [7, 11) is -4.89. The molecule has 2 atom stereocenters. The van der Waals surface area contributed by atoms with E-state index in [2.05, 4.69) is 39.4 Å². The topological polar surface area (TPSA) is 257 Å². The van der Waals surface area contributed by atoms with Crippen LogP contribution in [-0.2, 0) is 78.6 Å². The number of rotatable bonds is 24. The maximum atomic E-state index is 13.4. The molecule has 2 unspecified atom stereocenters. The van der Waals surface area contributed by atoms with Gasteiger partial charge in [-0.1, -0.05) is 24.3 Å². The van der Waals surface area contributed by atoms with Crippen molar-refractivity contribution < 1.29 is 83.3 Å². The zero-order chi connectivity index (χ0) is 52.7. The summed E-state index contributed by atoms with van der Waals surface area (Å²) in [5.41, 5.74) is 4.63. The van der Waals surface area contributed by atoms with Gasteiger partial charge >= 0.3 is 16.1 Å². The van der Waals surface area contributed by atoms with Gasteiger partial charge in [-0.05, 0) is 116 Å². The molecule has 3 aromatic carbocycles. The fraction of sp³-hybridized carbons (Fsp3) is 0.440. The van der Waals surface area contributed by atoms with Gasteiger partial charge in [-0.3, -0.25) is 23.7 Å². The summed E-state index contributed by atoms with van der Waals surface area (Å²) >= 11 is 0.824. The van der Waals surface area contributed by atoms with Crippen LogP contribution in [-0.4, -0.2) is 127 Å². The molecule has 3 heterocycles. The predicted octanol–water partition coefficient (Wildman–Crippen LogP) is 5.91. The van der Waals surface area contributed by atoms with Gasteiger partial charge in [-0.25, -0.2) is 4.79 Å². The lowest BCUT2D eigenvalue weighted by Crippen LogP contribution is -2.33. The lowest BCUT2D eigenvalue weighted by atomic mass is 9.74. The maximum Gasteiger partial charge on any atom is 0.335 e. The summed E-state index contributed by atoms with van der Waals surface area (Å²) in [5, 5.41) is 15.3. The summed E-state index contributed by atoms with van der Waals surface area (Å²) in [6.45, 7) is 5.46. The Morgan fingerprint density at radius 2 is 1.55 bits per heavy atom. The molecule has 23 heteroatoms. The van der Waals surface area contributed by atoms with Crippen molar-refractivity contribution in [3.63, 3.8) is 0 Å². The van der Waals surface area contributed by atoms with Crippen molar-refractivity contribution in [3.8, 4) is 0 Å². The second-order valence-corrected chi connectivity index (χ2v) is 21.9. The van der Waals surface area contributed by atoms with E-state index in [1.807, 2.05) is 37.3 Å². The second-order valence-electron chi connectivity index (χ2n) is 18.3. The first-order chi connectivity index (χ1) is 34.8. The number of methoxy groups -OCH3 is 3. The van der Waals surface area contributed by atoms with Crippen LogP contribution in [0.4, 0.5) is 11.4 Å². The highest BCUT2D eigenvalue weighted by Crippen LogP contribution is 2.52. The molecular weight excluding hydrogens is 1010 g/mol. The normalized spacial score (nSPS) is 21.4. The van der Waals surface area contributed by atoms with Crippen LogP contribution in [0.5, 0.6) is 0 Å². The zero-order valence-electron chi connectivity index (χ0n) is 41.1. The highest BCUT2D eigenvalue weighted by atomic mass is 32.2. The van der Waals surface area contributed by atoms with Crippen LogP contribution in [0.1, 0.15) is 76.3 Å². The molecule has 2 amide bonds. The standard InChI is InChI=1S/C50H59N3O17S3/c1-49(20-25-64-3)39-32-36(71-70-69-57)11-14-40(39)51(22-27-66-5)42(49)15-9-33-7-6-8-34(29-33)10-16-43-50(2,21-26-65-4)47-38-13-12-37(72(58,59)60)30-35(38)31-41(73(61,62)63)48(47)52(43)23-28-67-24-19-46(56)68-53-44(54)17-18-45(53)55/h9-16,29-32H,6-8,17-28H2,1-5H3,(H2-,57,58,59,60,61,62,63). The number of nitrogens with zero attached hydrogens (tertiary/aromatic N) is 3. The number of hydroxylamine groups is 2. The van der Waals surface area contributed by atoms with Gasteiger partial charge in [-0.2, -0.15) is 25.7 Å². The predicted molar refractivity (Wildman–Crippen MR) is 265 cm³/mol. The van der Waals surface area contributed by atoms with E-state index in [0.29, 0.717) is 65.6 Å². The summed E-state index contributed by atoms with van der Waals surface area (Å²) < 4.78 is 101. The molecule has 1 saturated heterocycles.